The standard InChI is InChI=1S/C14H18N4O2S2/c1-9-8-22-13(16-9)11-7-18(4-5-20-11)10(2)12(19)17-14-15-3-6-21-14/h3,6,8,10-11H,4-5,7H2,1-2H3,(H,15,17,19)/t10-,11+/m1/s1. The monoisotopic (exact) mass is 338 g/mol. The van der Waals surface area contributed by atoms with Crippen LogP contribution in [-0.2, 0) is 9.53 Å². The maximum absolute atomic E-state index is 12.3. The Labute approximate surface area is 137 Å². The summed E-state index contributed by atoms with van der Waals surface area (Å²) in [6.07, 6.45) is 1.63. The van der Waals surface area contributed by atoms with Gasteiger partial charge in [0.2, 0.25) is 5.91 Å². The first-order valence-corrected chi connectivity index (χ1v) is 8.87. The van der Waals surface area contributed by atoms with Crippen LogP contribution in [-0.4, -0.2) is 46.5 Å². The first-order valence-electron chi connectivity index (χ1n) is 7.11. The molecule has 118 valence electrons. The Morgan fingerprint density at radius 3 is 3.09 bits per heavy atom. The molecular formula is C14H18N4O2S2. The van der Waals surface area contributed by atoms with Gasteiger partial charge in [-0.05, 0) is 13.8 Å². The fourth-order valence-electron chi connectivity index (χ4n) is 2.35. The summed E-state index contributed by atoms with van der Waals surface area (Å²) >= 11 is 3.03. The Balaban J connectivity index is 1.62. The van der Waals surface area contributed by atoms with Crippen LogP contribution in [0.4, 0.5) is 5.13 Å². The van der Waals surface area contributed by atoms with E-state index in [2.05, 4.69) is 20.2 Å². The van der Waals surface area contributed by atoms with Gasteiger partial charge in [-0.3, -0.25) is 9.69 Å². The largest absolute Gasteiger partial charge is 0.368 e. The molecule has 1 fully saturated rings. The third kappa shape index (κ3) is 3.52. The average molecular weight is 338 g/mol. The van der Waals surface area contributed by atoms with Crippen LogP contribution in [0.3, 0.4) is 0 Å². The zero-order valence-electron chi connectivity index (χ0n) is 12.5. The van der Waals surface area contributed by atoms with Gasteiger partial charge in [0.15, 0.2) is 5.13 Å². The van der Waals surface area contributed by atoms with Crippen LogP contribution < -0.4 is 5.32 Å². The lowest BCUT2D eigenvalue weighted by atomic mass is 10.2. The maximum Gasteiger partial charge on any atom is 0.243 e. The van der Waals surface area contributed by atoms with E-state index in [0.29, 0.717) is 18.3 Å². The summed E-state index contributed by atoms with van der Waals surface area (Å²) in [5, 5.41) is 8.34. The predicted molar refractivity (Wildman–Crippen MR) is 87.3 cm³/mol. The molecule has 0 spiro atoms. The van der Waals surface area contributed by atoms with E-state index in [0.717, 1.165) is 17.2 Å². The van der Waals surface area contributed by atoms with E-state index in [1.165, 1.54) is 11.3 Å². The van der Waals surface area contributed by atoms with Gasteiger partial charge in [-0.1, -0.05) is 0 Å². The second-order valence-corrected chi connectivity index (χ2v) is 6.97. The predicted octanol–water partition coefficient (Wildman–Crippen LogP) is 2.31. The van der Waals surface area contributed by atoms with Crippen LogP contribution >= 0.6 is 22.7 Å². The van der Waals surface area contributed by atoms with Gasteiger partial charge in [0.1, 0.15) is 11.1 Å². The van der Waals surface area contributed by atoms with Gasteiger partial charge in [0.25, 0.3) is 0 Å². The molecule has 2 aromatic rings. The number of hydrogen-bond donors (Lipinski definition) is 1. The van der Waals surface area contributed by atoms with Gasteiger partial charge in [0.05, 0.1) is 12.6 Å². The Morgan fingerprint density at radius 2 is 2.41 bits per heavy atom. The number of anilines is 1. The molecule has 1 aliphatic heterocycles. The SMILES string of the molecule is Cc1csc([C@@H]2CN([C@H](C)C(=O)Nc3nccs3)CCO2)n1. The molecule has 1 saturated heterocycles. The van der Waals surface area contributed by atoms with Crippen molar-refractivity contribution in [3.05, 3.63) is 27.7 Å². The highest BCUT2D eigenvalue weighted by molar-refractivity contribution is 7.13. The molecule has 3 heterocycles. The van der Waals surface area contributed by atoms with E-state index in [1.54, 1.807) is 17.5 Å². The lowest BCUT2D eigenvalue weighted by molar-refractivity contribution is -0.124. The average Bonchev–Trinajstić information content (AvgIpc) is 3.18. The number of nitrogens with zero attached hydrogens (tertiary/aromatic N) is 3. The van der Waals surface area contributed by atoms with E-state index in [-0.39, 0.29) is 18.1 Å². The van der Waals surface area contributed by atoms with Crippen molar-refractivity contribution in [3.63, 3.8) is 0 Å². The summed E-state index contributed by atoms with van der Waals surface area (Å²) < 4.78 is 5.81. The number of carbonyl (C=O) groups is 1. The van der Waals surface area contributed by atoms with E-state index < -0.39 is 0 Å². The van der Waals surface area contributed by atoms with Crippen molar-refractivity contribution in [2.45, 2.75) is 26.0 Å². The van der Waals surface area contributed by atoms with Crippen molar-refractivity contribution in [3.8, 4) is 0 Å². The van der Waals surface area contributed by atoms with Crippen LogP contribution in [0.1, 0.15) is 23.7 Å². The Bertz CT molecular complexity index is 629. The van der Waals surface area contributed by atoms with Gasteiger partial charge < -0.3 is 10.1 Å². The molecule has 2 aromatic heterocycles. The Kier molecular flexibility index (Phi) is 4.82. The zero-order chi connectivity index (χ0) is 15.5. The second kappa shape index (κ2) is 6.82. The zero-order valence-corrected chi connectivity index (χ0v) is 14.1. The highest BCUT2D eigenvalue weighted by Crippen LogP contribution is 2.26. The third-order valence-electron chi connectivity index (χ3n) is 3.60. The Hall–Kier alpha value is -1.35. The quantitative estimate of drug-likeness (QED) is 0.926. The lowest BCUT2D eigenvalue weighted by Gasteiger charge is -2.35. The van der Waals surface area contributed by atoms with E-state index in [1.807, 2.05) is 24.6 Å². The number of carbonyl (C=O) groups excluding carboxylic acids is 1. The molecule has 0 aromatic carbocycles. The molecule has 3 rings (SSSR count). The molecule has 0 saturated carbocycles. The van der Waals surface area contributed by atoms with E-state index in [9.17, 15) is 4.79 Å². The summed E-state index contributed by atoms with van der Waals surface area (Å²) in [4.78, 5) is 23.0. The second-order valence-electron chi connectivity index (χ2n) is 5.18. The lowest BCUT2D eigenvalue weighted by Crippen LogP contribution is -2.48. The number of thiazole rings is 2. The Morgan fingerprint density at radius 1 is 1.55 bits per heavy atom. The highest BCUT2D eigenvalue weighted by Gasteiger charge is 2.30. The smallest absolute Gasteiger partial charge is 0.243 e. The number of aryl methyl sites for hydroxylation is 1. The van der Waals surface area contributed by atoms with Crippen LogP contribution in [0.2, 0.25) is 0 Å². The number of rotatable bonds is 4. The van der Waals surface area contributed by atoms with Crippen LogP contribution in [0.5, 0.6) is 0 Å². The first kappa shape index (κ1) is 15.5. The van der Waals surface area contributed by atoms with Crippen molar-refractivity contribution >= 4 is 33.7 Å². The fourth-order valence-corrected chi connectivity index (χ4v) is 3.72. The molecule has 0 unspecified atom stereocenters. The summed E-state index contributed by atoms with van der Waals surface area (Å²) in [7, 11) is 0. The fraction of sp³-hybridized carbons (Fsp3) is 0.500. The van der Waals surface area contributed by atoms with Gasteiger partial charge in [0, 0.05) is 35.7 Å². The van der Waals surface area contributed by atoms with Crippen molar-refractivity contribution in [1.29, 1.82) is 0 Å². The number of ether oxygens (including phenoxy) is 1. The molecule has 1 aliphatic rings. The third-order valence-corrected chi connectivity index (χ3v) is 5.34. The molecular weight excluding hydrogens is 320 g/mol. The summed E-state index contributed by atoms with van der Waals surface area (Å²) in [5.74, 6) is -0.0362. The first-order chi connectivity index (χ1) is 10.6. The van der Waals surface area contributed by atoms with Gasteiger partial charge in [-0.15, -0.1) is 22.7 Å². The summed E-state index contributed by atoms with van der Waals surface area (Å²) in [5.41, 5.74) is 1.01. The van der Waals surface area contributed by atoms with Crippen LogP contribution in [0, 0.1) is 6.92 Å². The molecule has 1 amide bonds. The maximum atomic E-state index is 12.3. The molecule has 2 atom stereocenters. The van der Waals surface area contributed by atoms with E-state index >= 15 is 0 Å². The molecule has 0 aliphatic carbocycles. The molecule has 1 N–H and O–H groups in total. The number of nitrogens with one attached hydrogen (secondary N) is 1. The summed E-state index contributed by atoms with van der Waals surface area (Å²) in [6.45, 7) is 5.92. The van der Waals surface area contributed by atoms with Crippen molar-refractivity contribution in [1.82, 2.24) is 14.9 Å². The minimum atomic E-state index is -0.226. The van der Waals surface area contributed by atoms with Gasteiger partial charge >= 0.3 is 0 Å². The minimum Gasteiger partial charge on any atom is -0.368 e. The topological polar surface area (TPSA) is 67.4 Å². The van der Waals surface area contributed by atoms with E-state index in [4.69, 9.17) is 4.74 Å². The number of hydrogen-bond acceptors (Lipinski definition) is 7. The summed E-state index contributed by atoms with van der Waals surface area (Å²) in [6, 6.07) is -0.226. The van der Waals surface area contributed by atoms with Gasteiger partial charge in [-0.2, -0.15) is 0 Å². The number of morpholine rings is 1. The van der Waals surface area contributed by atoms with Gasteiger partial charge in [-0.25, -0.2) is 9.97 Å². The van der Waals surface area contributed by atoms with Crippen molar-refractivity contribution in [2.24, 2.45) is 0 Å². The van der Waals surface area contributed by atoms with Crippen molar-refractivity contribution < 1.29 is 9.53 Å². The number of aromatic nitrogens is 2. The molecule has 0 bridgehead atoms. The molecule has 6 nitrogen and oxygen atoms in total. The minimum absolute atomic E-state index is 0.0362. The highest BCUT2D eigenvalue weighted by atomic mass is 32.1. The van der Waals surface area contributed by atoms with Crippen LogP contribution in [0.15, 0.2) is 17.0 Å². The molecule has 22 heavy (non-hydrogen) atoms. The molecule has 8 heteroatoms. The normalized spacial score (nSPS) is 20.7. The van der Waals surface area contributed by atoms with Crippen LogP contribution in [0.25, 0.3) is 0 Å². The number of amides is 1. The van der Waals surface area contributed by atoms with Crippen molar-refractivity contribution in [2.75, 3.05) is 25.0 Å². The molecule has 0 radical (unpaired) electrons.